The minimum absolute atomic E-state index is 0.0841. The number of carboxylic acids is 1. The predicted molar refractivity (Wildman–Crippen MR) is 74.5 cm³/mol. The van der Waals surface area contributed by atoms with Crippen molar-refractivity contribution in [3.63, 3.8) is 0 Å². The molecule has 0 amide bonds. The van der Waals surface area contributed by atoms with Gasteiger partial charge in [0.05, 0.1) is 11.9 Å². The van der Waals surface area contributed by atoms with Gasteiger partial charge in [-0.3, -0.25) is 0 Å². The number of carbonyl (C=O) groups is 1. The quantitative estimate of drug-likeness (QED) is 0.849. The molecule has 5 heteroatoms. The highest BCUT2D eigenvalue weighted by Crippen LogP contribution is 2.19. The first kappa shape index (κ1) is 13.8. The van der Waals surface area contributed by atoms with E-state index in [1.54, 1.807) is 12.3 Å². The number of aromatic carboxylic acids is 1. The van der Waals surface area contributed by atoms with Gasteiger partial charge in [-0.15, -0.1) is 0 Å². The van der Waals surface area contributed by atoms with Crippen molar-refractivity contribution in [1.29, 1.82) is 0 Å². The third-order valence-electron chi connectivity index (χ3n) is 3.70. The van der Waals surface area contributed by atoms with E-state index in [0.717, 1.165) is 24.6 Å². The Hall–Kier alpha value is -1.62. The Bertz CT molecular complexity index is 411. The van der Waals surface area contributed by atoms with Crippen LogP contribution in [0.1, 0.15) is 29.8 Å². The van der Waals surface area contributed by atoms with Gasteiger partial charge in [0, 0.05) is 6.54 Å². The molecule has 104 valence electrons. The summed E-state index contributed by atoms with van der Waals surface area (Å²) in [6, 6.07) is 3.30. The smallest absolute Gasteiger partial charge is 0.354 e. The molecular formula is C14H21N3O2. The van der Waals surface area contributed by atoms with Gasteiger partial charge in [-0.1, -0.05) is 0 Å². The summed E-state index contributed by atoms with van der Waals surface area (Å²) in [6.45, 7) is 3.31. The van der Waals surface area contributed by atoms with Crippen LogP contribution in [0.25, 0.3) is 0 Å². The molecule has 2 N–H and O–H groups in total. The van der Waals surface area contributed by atoms with Crippen molar-refractivity contribution in [3.05, 3.63) is 24.0 Å². The zero-order valence-corrected chi connectivity index (χ0v) is 11.3. The second kappa shape index (κ2) is 6.52. The molecule has 2 heterocycles. The molecule has 0 bridgehead atoms. The minimum atomic E-state index is -0.988. The van der Waals surface area contributed by atoms with Crippen molar-refractivity contribution in [2.45, 2.75) is 19.3 Å². The molecule has 5 nitrogen and oxygen atoms in total. The fourth-order valence-electron chi connectivity index (χ4n) is 2.40. The Morgan fingerprint density at radius 2 is 2.21 bits per heavy atom. The largest absolute Gasteiger partial charge is 0.477 e. The summed E-state index contributed by atoms with van der Waals surface area (Å²) in [4.78, 5) is 16.9. The molecule has 1 aromatic heterocycles. The van der Waals surface area contributed by atoms with Crippen molar-refractivity contribution in [1.82, 2.24) is 9.88 Å². The first-order valence-electron chi connectivity index (χ1n) is 6.77. The fraction of sp³-hybridized carbons (Fsp3) is 0.571. The molecule has 1 aliphatic heterocycles. The third-order valence-corrected chi connectivity index (χ3v) is 3.70. The lowest BCUT2D eigenvalue weighted by molar-refractivity contribution is 0.0690. The maximum atomic E-state index is 10.7. The van der Waals surface area contributed by atoms with Crippen LogP contribution in [0.5, 0.6) is 0 Å². The number of nitrogens with one attached hydrogen (secondary N) is 1. The normalized spacial score (nSPS) is 17.3. The molecule has 1 saturated heterocycles. The molecule has 0 saturated carbocycles. The summed E-state index contributed by atoms with van der Waals surface area (Å²) < 4.78 is 0. The van der Waals surface area contributed by atoms with Gasteiger partial charge in [0.25, 0.3) is 0 Å². The molecule has 0 unspecified atom stereocenters. The summed E-state index contributed by atoms with van der Waals surface area (Å²) in [7, 11) is 2.17. The van der Waals surface area contributed by atoms with Crippen molar-refractivity contribution in [3.8, 4) is 0 Å². The van der Waals surface area contributed by atoms with E-state index in [1.807, 2.05) is 0 Å². The van der Waals surface area contributed by atoms with E-state index in [1.165, 1.54) is 32.0 Å². The number of piperidine rings is 1. The number of anilines is 1. The lowest BCUT2D eigenvalue weighted by Gasteiger charge is -2.28. The van der Waals surface area contributed by atoms with Gasteiger partial charge in [-0.25, -0.2) is 9.78 Å². The zero-order valence-electron chi connectivity index (χ0n) is 11.3. The Kier molecular flexibility index (Phi) is 4.74. The monoisotopic (exact) mass is 263 g/mol. The number of hydrogen-bond acceptors (Lipinski definition) is 4. The number of aromatic nitrogens is 1. The summed E-state index contributed by atoms with van der Waals surface area (Å²) in [5.74, 6) is -0.187. The molecule has 1 aliphatic rings. The van der Waals surface area contributed by atoms with Crippen LogP contribution in [0.3, 0.4) is 0 Å². The maximum absolute atomic E-state index is 10.7. The van der Waals surface area contributed by atoms with Crippen molar-refractivity contribution in [2.24, 2.45) is 5.92 Å². The predicted octanol–water partition coefficient (Wildman–Crippen LogP) is 1.92. The van der Waals surface area contributed by atoms with Crippen LogP contribution in [-0.4, -0.2) is 47.6 Å². The van der Waals surface area contributed by atoms with Crippen LogP contribution in [0, 0.1) is 5.92 Å². The van der Waals surface area contributed by atoms with Gasteiger partial charge in [-0.2, -0.15) is 0 Å². The summed E-state index contributed by atoms with van der Waals surface area (Å²) >= 11 is 0. The van der Waals surface area contributed by atoms with E-state index in [4.69, 9.17) is 5.11 Å². The van der Waals surface area contributed by atoms with Gasteiger partial charge < -0.3 is 15.3 Å². The first-order valence-corrected chi connectivity index (χ1v) is 6.77. The van der Waals surface area contributed by atoms with Crippen molar-refractivity contribution in [2.75, 3.05) is 32.0 Å². The molecule has 0 atom stereocenters. The molecule has 1 fully saturated rings. The Morgan fingerprint density at radius 1 is 1.47 bits per heavy atom. The molecule has 0 aliphatic carbocycles. The average molecular weight is 263 g/mol. The van der Waals surface area contributed by atoms with Gasteiger partial charge in [-0.05, 0) is 57.5 Å². The highest BCUT2D eigenvalue weighted by atomic mass is 16.4. The molecule has 0 radical (unpaired) electrons. The minimum Gasteiger partial charge on any atom is -0.477 e. The van der Waals surface area contributed by atoms with Crippen LogP contribution in [0.2, 0.25) is 0 Å². The first-order chi connectivity index (χ1) is 9.15. The number of pyridine rings is 1. The van der Waals surface area contributed by atoms with E-state index < -0.39 is 5.97 Å². The summed E-state index contributed by atoms with van der Waals surface area (Å²) in [6.07, 6.45) is 5.29. The number of nitrogens with zero attached hydrogens (tertiary/aromatic N) is 2. The highest BCUT2D eigenvalue weighted by Gasteiger charge is 2.15. The van der Waals surface area contributed by atoms with Crippen molar-refractivity contribution < 1.29 is 9.90 Å². The summed E-state index contributed by atoms with van der Waals surface area (Å²) in [5, 5.41) is 12.1. The van der Waals surface area contributed by atoms with Crippen LogP contribution in [0.4, 0.5) is 5.69 Å². The zero-order chi connectivity index (χ0) is 13.7. The Labute approximate surface area is 113 Å². The number of carboxylic acid groups (broad SMARTS) is 1. The second-order valence-corrected chi connectivity index (χ2v) is 5.20. The number of rotatable bonds is 5. The lowest BCUT2D eigenvalue weighted by atomic mass is 9.94. The van der Waals surface area contributed by atoms with Gasteiger partial charge in [0.2, 0.25) is 0 Å². The highest BCUT2D eigenvalue weighted by molar-refractivity contribution is 5.85. The maximum Gasteiger partial charge on any atom is 0.354 e. The molecule has 1 aromatic rings. The lowest BCUT2D eigenvalue weighted by Crippen LogP contribution is -2.30. The average Bonchev–Trinajstić information content (AvgIpc) is 2.41. The SMILES string of the molecule is CN1CCC(CCNc2ccc(C(=O)O)nc2)CC1. The van der Waals surface area contributed by atoms with Gasteiger partial charge in [0.1, 0.15) is 5.69 Å². The molecule has 0 spiro atoms. The van der Waals surface area contributed by atoms with Gasteiger partial charge >= 0.3 is 5.97 Å². The molecular weight excluding hydrogens is 242 g/mol. The van der Waals surface area contributed by atoms with Crippen LogP contribution < -0.4 is 5.32 Å². The molecule has 19 heavy (non-hydrogen) atoms. The standard InChI is InChI=1S/C14H21N3O2/c1-17-8-5-11(6-9-17)4-7-15-12-2-3-13(14(18)19)16-10-12/h2-3,10-11,15H,4-9H2,1H3,(H,18,19). The van der Waals surface area contributed by atoms with E-state index in [2.05, 4.69) is 22.2 Å². The number of likely N-dealkylation sites (tertiary alicyclic amines) is 1. The fourth-order valence-corrected chi connectivity index (χ4v) is 2.40. The second-order valence-electron chi connectivity index (χ2n) is 5.20. The topological polar surface area (TPSA) is 65.5 Å². The third kappa shape index (κ3) is 4.21. The Balaban J connectivity index is 1.72. The molecule has 2 rings (SSSR count). The van der Waals surface area contributed by atoms with Crippen LogP contribution >= 0.6 is 0 Å². The van der Waals surface area contributed by atoms with E-state index in [9.17, 15) is 4.79 Å². The summed E-state index contributed by atoms with van der Waals surface area (Å²) in [5.41, 5.74) is 0.971. The molecule has 0 aromatic carbocycles. The number of hydrogen-bond donors (Lipinski definition) is 2. The van der Waals surface area contributed by atoms with E-state index >= 15 is 0 Å². The Morgan fingerprint density at radius 3 is 2.79 bits per heavy atom. The van der Waals surface area contributed by atoms with E-state index in [0.29, 0.717) is 0 Å². The van der Waals surface area contributed by atoms with Crippen molar-refractivity contribution >= 4 is 11.7 Å². The van der Waals surface area contributed by atoms with E-state index in [-0.39, 0.29) is 5.69 Å². The van der Waals surface area contributed by atoms with Crippen LogP contribution in [-0.2, 0) is 0 Å². The van der Waals surface area contributed by atoms with Gasteiger partial charge in [0.15, 0.2) is 0 Å². The van der Waals surface area contributed by atoms with Crippen LogP contribution in [0.15, 0.2) is 18.3 Å².